The molecule has 0 atom stereocenters. The predicted octanol–water partition coefficient (Wildman–Crippen LogP) is 13.2. The molecule has 1 radical (unpaired) electrons. The minimum absolute atomic E-state index is 0. The van der Waals surface area contributed by atoms with E-state index in [0.29, 0.717) is 0 Å². The van der Waals surface area contributed by atoms with Crippen LogP contribution in [-0.2, 0) is 20.4 Å². The van der Waals surface area contributed by atoms with Gasteiger partial charge in [0, 0.05) is 0 Å². The Hall–Kier alpha value is -2.93. The maximum atomic E-state index is 15.4. The third-order valence-corrected chi connectivity index (χ3v) is 17.4. The molecule has 24 heteroatoms. The zero-order valence-corrected chi connectivity index (χ0v) is 40.2. The summed E-state index contributed by atoms with van der Waals surface area (Å²) < 4.78 is 294. The molecule has 0 saturated carbocycles. The van der Waals surface area contributed by atoms with Crippen molar-refractivity contribution in [2.24, 2.45) is 0 Å². The molecular weight excluding hydrogens is 1060 g/mol. The van der Waals surface area contributed by atoms with Crippen LogP contribution in [0.3, 0.4) is 0 Å². The first-order valence-corrected chi connectivity index (χ1v) is 22.5. The van der Waals surface area contributed by atoms with Crippen molar-refractivity contribution in [2.45, 2.75) is 117 Å². The summed E-state index contributed by atoms with van der Waals surface area (Å²) in [5, 5.41) is 0. The molecule has 4 aromatic carbocycles. The monoisotopic (exact) mass is 1110 g/mol. The average Bonchev–Trinajstić information content (AvgIpc) is 3.20. The molecule has 66 heavy (non-hydrogen) atoms. The molecule has 4 aromatic rings. The Bertz CT molecular complexity index is 1950. The van der Waals surface area contributed by atoms with E-state index in [0.717, 1.165) is 34.0 Å². The molecule has 0 aliphatic heterocycles. The van der Waals surface area contributed by atoms with Gasteiger partial charge in [-0.25, -0.2) is 87.8 Å². The number of rotatable bonds is 10. The molecule has 0 N–H and O–H groups in total. The van der Waals surface area contributed by atoms with Crippen molar-refractivity contribution in [3.8, 4) is 0 Å². The third-order valence-electron chi connectivity index (χ3n) is 10.3. The van der Waals surface area contributed by atoms with Crippen LogP contribution in [0.25, 0.3) is 0 Å². The molecule has 373 valence electrons. The molecule has 0 nitrogen and oxygen atoms in total. The van der Waals surface area contributed by atoms with E-state index in [9.17, 15) is 52.7 Å². The van der Waals surface area contributed by atoms with E-state index in [1.807, 2.05) is 0 Å². The Morgan fingerprint density at radius 2 is 0.303 bits per heavy atom. The van der Waals surface area contributed by atoms with Crippen molar-refractivity contribution >= 4 is 43.8 Å². The molecule has 0 aliphatic carbocycles. The summed E-state index contributed by atoms with van der Waals surface area (Å²) in [6.45, 7) is 28.2. The summed E-state index contributed by atoms with van der Waals surface area (Å²) in [6, 6.07) is 0. The predicted molar refractivity (Wildman–Crippen MR) is 214 cm³/mol. The fraction of sp³-hybridized carbons (Fsp3) is 0.429. The van der Waals surface area contributed by atoms with Crippen LogP contribution in [0.15, 0.2) is 0 Å². The Morgan fingerprint density at radius 3 is 0.379 bits per heavy atom. The Kier molecular flexibility index (Phi) is 21.8. The second-order valence-corrected chi connectivity index (χ2v) is 24.2. The molecule has 0 bridgehead atoms. The summed E-state index contributed by atoms with van der Waals surface area (Å²) in [5.74, 6) is -71.4. The molecule has 0 saturated heterocycles. The van der Waals surface area contributed by atoms with Crippen LogP contribution < -0.4 is 21.9 Å². The van der Waals surface area contributed by atoms with Crippen LogP contribution in [0.1, 0.15) is 83.1 Å². The van der Waals surface area contributed by atoms with Crippen molar-refractivity contribution in [1.82, 2.24) is 0 Å². The molecule has 0 aromatic heterocycles. The van der Waals surface area contributed by atoms with Gasteiger partial charge in [0.25, 0.3) is 0 Å². The maximum absolute atomic E-state index is 15.4. The first kappa shape index (κ1) is 61.1. The van der Waals surface area contributed by atoms with Crippen LogP contribution in [0.2, 0.25) is 0 Å². The van der Waals surface area contributed by atoms with E-state index in [2.05, 4.69) is 83.1 Å². The normalized spacial score (nSPS) is 12.0. The maximum Gasteiger partial charge on any atom is 1.00 e. The van der Waals surface area contributed by atoms with Gasteiger partial charge in [-0.15, -0.1) is 21.9 Å². The van der Waals surface area contributed by atoms with Crippen molar-refractivity contribution in [1.29, 1.82) is 0 Å². The summed E-state index contributed by atoms with van der Waals surface area (Å²) in [5.41, 5.74) is -8.94. The average molecular weight is 1110 g/mol. The van der Waals surface area contributed by atoms with Crippen LogP contribution in [-0.4, -0.2) is 40.1 Å². The Balaban J connectivity index is 0.000000860. The van der Waals surface area contributed by atoms with Crippen LogP contribution in [0.5, 0.6) is 0 Å². The molecule has 0 heterocycles. The third kappa shape index (κ3) is 11.1. The van der Waals surface area contributed by atoms with Crippen LogP contribution >= 0.6 is 15.8 Å². The number of hydrogen-bond donors (Lipinski definition) is 0. The van der Waals surface area contributed by atoms with Gasteiger partial charge in [-0.1, -0.05) is 98.9 Å². The van der Waals surface area contributed by atoms with E-state index in [1.165, 1.54) is 0 Å². The van der Waals surface area contributed by atoms with Crippen molar-refractivity contribution < 1.29 is 108 Å². The molecule has 0 unspecified atom stereocenters. The van der Waals surface area contributed by atoms with Gasteiger partial charge >= 0.3 is 20.4 Å². The van der Waals surface area contributed by atoms with Gasteiger partial charge in [0.15, 0.2) is 69.8 Å². The minimum atomic E-state index is -7.22. The quantitative estimate of drug-likeness (QED) is 0.0488. The van der Waals surface area contributed by atoms with Gasteiger partial charge < -0.3 is 0 Å². The van der Waals surface area contributed by atoms with Gasteiger partial charge in [-0.05, 0) is 34.0 Å². The van der Waals surface area contributed by atoms with Crippen LogP contribution in [0, 0.1) is 116 Å². The molecular formula is C42H42BF20P2Pd. The first-order chi connectivity index (χ1) is 29.6. The van der Waals surface area contributed by atoms with Crippen molar-refractivity contribution in [3.05, 3.63) is 116 Å². The van der Waals surface area contributed by atoms with E-state index in [4.69, 9.17) is 0 Å². The molecule has 0 amide bonds. The Morgan fingerprint density at radius 1 is 0.212 bits per heavy atom. The first-order valence-electron chi connectivity index (χ1n) is 19.4. The summed E-state index contributed by atoms with van der Waals surface area (Å²) in [6.07, 6.45) is -7.22. The SMILES string of the molecule is CC(C)P(C(C)C)C(C)C.CC(C)P(C(C)C)C(C)C.Fc1c(F)c(F)c([B-](c2c(F)c(F)c(F)c(F)c2F)(c2c(F)c(F)c(F)c(F)c2F)c2c(F)c(F)c(F)c(F)c2F)c(F)c1F.[Pd+]. The topological polar surface area (TPSA) is 0 Å². The summed E-state index contributed by atoms with van der Waals surface area (Å²) in [7, 11) is 0.525. The van der Waals surface area contributed by atoms with Gasteiger partial charge in [-0.2, -0.15) is 0 Å². The van der Waals surface area contributed by atoms with E-state index >= 15 is 35.1 Å². The summed E-state index contributed by atoms with van der Waals surface area (Å²) >= 11 is 0. The number of benzene rings is 4. The molecule has 0 aliphatic rings. The standard InChI is InChI=1S/C24BF20.2C9H21P.Pd/c26-5-1(6(27)14(35)21(42)13(5)34)25(2-7(28)15(36)22(43)16(37)8(2)29,3-9(30)17(38)23(44)18(39)10(3)31)4-11(32)19(40)24(45)20(41)12(4)33;2*1-7(2)10(8(3)4)9(5)6;/h;2*7-9H,1-6H3;/q-1;;;+1. The van der Waals surface area contributed by atoms with Crippen LogP contribution in [0.4, 0.5) is 87.8 Å². The second kappa shape index (κ2) is 23.6. The number of hydrogen-bond acceptors (Lipinski definition) is 0. The van der Waals surface area contributed by atoms with Crippen molar-refractivity contribution in [2.75, 3.05) is 0 Å². The van der Waals surface area contributed by atoms with Gasteiger partial charge in [0.2, 0.25) is 0 Å². The summed E-state index contributed by atoms with van der Waals surface area (Å²) in [4.78, 5) is 0. The number of halogens is 20. The molecule has 0 fully saturated rings. The van der Waals surface area contributed by atoms with Gasteiger partial charge in [0.05, 0.1) is 0 Å². The van der Waals surface area contributed by atoms with E-state index < -0.39 is 144 Å². The minimum Gasteiger partial charge on any atom is -0.207 e. The zero-order valence-electron chi connectivity index (χ0n) is 36.8. The Labute approximate surface area is 384 Å². The molecule has 4 rings (SSSR count). The van der Waals surface area contributed by atoms with Crippen molar-refractivity contribution in [3.63, 3.8) is 0 Å². The van der Waals surface area contributed by atoms with E-state index in [1.54, 1.807) is 0 Å². The largest absolute Gasteiger partial charge is 1.00 e. The van der Waals surface area contributed by atoms with E-state index in [-0.39, 0.29) is 36.3 Å². The fourth-order valence-electron chi connectivity index (χ4n) is 8.45. The fourth-order valence-corrected chi connectivity index (χ4v) is 15.6. The van der Waals surface area contributed by atoms with Gasteiger partial charge in [-0.3, -0.25) is 0 Å². The second-order valence-electron chi connectivity index (χ2n) is 16.3. The van der Waals surface area contributed by atoms with Gasteiger partial charge in [0.1, 0.15) is 52.7 Å². The molecule has 0 spiro atoms. The zero-order chi connectivity index (χ0) is 51.0. The smallest absolute Gasteiger partial charge is 0.207 e.